The van der Waals surface area contributed by atoms with E-state index in [-0.39, 0.29) is 5.88 Å². The molecule has 0 aliphatic carbocycles. The van der Waals surface area contributed by atoms with E-state index in [0.717, 1.165) is 15.4 Å². The minimum atomic E-state index is 0.161. The monoisotopic (exact) mass is 212 g/mol. The second kappa shape index (κ2) is 2.23. The van der Waals surface area contributed by atoms with Crippen molar-refractivity contribution in [2.45, 2.75) is 0 Å². The normalized spacial score (nSPS) is 10.6. The van der Waals surface area contributed by atoms with Gasteiger partial charge in [0.25, 0.3) is 0 Å². The summed E-state index contributed by atoms with van der Waals surface area (Å²) in [6.07, 6.45) is 3.35. The van der Waals surface area contributed by atoms with Crippen molar-refractivity contribution in [2.75, 3.05) is 0 Å². The molecule has 2 N–H and O–H groups in total. The fourth-order valence-corrected chi connectivity index (χ4v) is 1.30. The molecule has 0 saturated heterocycles. The molecular weight excluding hydrogens is 208 g/mol. The predicted molar refractivity (Wildman–Crippen MR) is 45.5 cm³/mol. The highest BCUT2D eigenvalue weighted by atomic mass is 79.9. The number of aromatic amines is 1. The third-order valence-corrected chi connectivity index (χ3v) is 1.92. The van der Waals surface area contributed by atoms with E-state index in [1.54, 1.807) is 12.4 Å². The maximum atomic E-state index is 9.22. The minimum absolute atomic E-state index is 0.161. The Balaban J connectivity index is 2.87. The molecule has 0 radical (unpaired) electrons. The number of halogens is 1. The quantitative estimate of drug-likeness (QED) is 0.703. The molecular formula is C7H5BrN2O. The fourth-order valence-electron chi connectivity index (χ4n) is 0.969. The van der Waals surface area contributed by atoms with Gasteiger partial charge in [-0.1, -0.05) is 0 Å². The molecule has 0 bridgehead atoms. The van der Waals surface area contributed by atoms with Crippen LogP contribution in [0.5, 0.6) is 5.88 Å². The second-order valence-corrected chi connectivity index (χ2v) is 3.14. The van der Waals surface area contributed by atoms with E-state index in [1.807, 2.05) is 6.07 Å². The first kappa shape index (κ1) is 6.67. The Morgan fingerprint density at radius 2 is 2.36 bits per heavy atom. The van der Waals surface area contributed by atoms with E-state index in [9.17, 15) is 5.11 Å². The first-order chi connectivity index (χ1) is 5.27. The lowest BCUT2D eigenvalue weighted by Crippen LogP contribution is -1.71. The summed E-state index contributed by atoms with van der Waals surface area (Å²) in [4.78, 5) is 6.74. The van der Waals surface area contributed by atoms with Crippen molar-refractivity contribution in [2.24, 2.45) is 0 Å². The number of H-pyrrole nitrogens is 1. The molecule has 2 heterocycles. The smallest absolute Gasteiger partial charge is 0.198 e. The van der Waals surface area contributed by atoms with Gasteiger partial charge in [-0.3, -0.25) is 4.98 Å². The van der Waals surface area contributed by atoms with Gasteiger partial charge in [0, 0.05) is 16.9 Å². The summed E-state index contributed by atoms with van der Waals surface area (Å²) in [5.41, 5.74) is 0.769. The third kappa shape index (κ3) is 0.991. The van der Waals surface area contributed by atoms with Crippen LogP contribution in [-0.4, -0.2) is 15.1 Å². The van der Waals surface area contributed by atoms with Crippen LogP contribution in [-0.2, 0) is 0 Å². The van der Waals surface area contributed by atoms with Gasteiger partial charge >= 0.3 is 0 Å². The minimum Gasteiger partial charge on any atom is -0.494 e. The van der Waals surface area contributed by atoms with Crippen LogP contribution in [0.2, 0.25) is 0 Å². The van der Waals surface area contributed by atoms with Gasteiger partial charge in [0.1, 0.15) is 0 Å². The molecule has 0 amide bonds. The summed E-state index contributed by atoms with van der Waals surface area (Å²) in [5.74, 6) is 0.161. The molecule has 0 fully saturated rings. The molecule has 0 saturated carbocycles. The Kier molecular flexibility index (Phi) is 1.35. The maximum absolute atomic E-state index is 9.22. The number of pyridine rings is 1. The van der Waals surface area contributed by atoms with Crippen LogP contribution in [0.15, 0.2) is 22.9 Å². The van der Waals surface area contributed by atoms with Gasteiger partial charge in [0.2, 0.25) is 0 Å². The molecule has 56 valence electrons. The number of hydrogen-bond acceptors (Lipinski definition) is 2. The van der Waals surface area contributed by atoms with Crippen LogP contribution in [0, 0.1) is 0 Å². The molecule has 0 unspecified atom stereocenters. The Morgan fingerprint density at radius 3 is 3.18 bits per heavy atom. The third-order valence-electron chi connectivity index (χ3n) is 1.49. The maximum Gasteiger partial charge on any atom is 0.198 e. The van der Waals surface area contributed by atoms with Crippen LogP contribution in [0.1, 0.15) is 0 Å². The molecule has 0 aliphatic heterocycles. The Hall–Kier alpha value is -1.03. The number of hydrogen-bond donors (Lipinski definition) is 2. The number of fused-ring (bicyclic) bond motifs is 1. The summed E-state index contributed by atoms with van der Waals surface area (Å²) in [6.45, 7) is 0. The zero-order valence-corrected chi connectivity index (χ0v) is 7.09. The summed E-state index contributed by atoms with van der Waals surface area (Å²) < 4.78 is 0.861. The predicted octanol–water partition coefficient (Wildman–Crippen LogP) is 2.03. The average Bonchev–Trinajstić information content (AvgIpc) is 2.33. The first-order valence-electron chi connectivity index (χ1n) is 3.09. The van der Waals surface area contributed by atoms with Crippen LogP contribution in [0.25, 0.3) is 10.9 Å². The highest BCUT2D eigenvalue weighted by Crippen LogP contribution is 2.24. The number of nitrogens with zero attached hydrogens (tertiary/aromatic N) is 1. The zero-order chi connectivity index (χ0) is 7.84. The van der Waals surface area contributed by atoms with Crippen molar-refractivity contribution in [3.8, 4) is 5.88 Å². The Labute approximate surface area is 71.2 Å². The van der Waals surface area contributed by atoms with Crippen LogP contribution >= 0.6 is 15.9 Å². The number of aromatic hydroxyl groups is 1. The summed E-state index contributed by atoms with van der Waals surface area (Å²) in [7, 11) is 0. The number of aromatic nitrogens is 2. The molecule has 0 spiro atoms. The summed E-state index contributed by atoms with van der Waals surface area (Å²) in [5, 5.41) is 9.95. The van der Waals surface area contributed by atoms with Crippen LogP contribution in [0.4, 0.5) is 0 Å². The van der Waals surface area contributed by atoms with Crippen molar-refractivity contribution in [1.82, 2.24) is 9.97 Å². The molecule has 0 aromatic carbocycles. The van der Waals surface area contributed by atoms with Gasteiger partial charge < -0.3 is 10.1 Å². The Morgan fingerprint density at radius 1 is 1.55 bits per heavy atom. The van der Waals surface area contributed by atoms with Crippen molar-refractivity contribution in [3.63, 3.8) is 0 Å². The van der Waals surface area contributed by atoms with Gasteiger partial charge in [-0.25, -0.2) is 0 Å². The van der Waals surface area contributed by atoms with Gasteiger partial charge in [-0.05, 0) is 22.0 Å². The highest BCUT2D eigenvalue weighted by Gasteiger charge is 2.01. The highest BCUT2D eigenvalue weighted by molar-refractivity contribution is 9.10. The molecule has 2 aromatic heterocycles. The fraction of sp³-hybridized carbons (Fsp3) is 0. The van der Waals surface area contributed by atoms with Crippen LogP contribution < -0.4 is 0 Å². The standard InChI is InChI=1S/C7H5BrN2O/c8-4-1-5-6(9-2-4)3-10-7(5)11/h1-3,10-11H. The largest absolute Gasteiger partial charge is 0.494 e. The van der Waals surface area contributed by atoms with E-state index in [4.69, 9.17) is 0 Å². The van der Waals surface area contributed by atoms with Gasteiger partial charge in [-0.2, -0.15) is 0 Å². The Bertz CT molecular complexity index is 396. The summed E-state index contributed by atoms with van der Waals surface area (Å²) >= 11 is 3.26. The summed E-state index contributed by atoms with van der Waals surface area (Å²) in [6, 6.07) is 1.81. The zero-order valence-electron chi connectivity index (χ0n) is 5.50. The lowest BCUT2D eigenvalue weighted by Gasteiger charge is -1.89. The molecule has 0 atom stereocenters. The van der Waals surface area contributed by atoms with Gasteiger partial charge in [0.05, 0.1) is 10.9 Å². The molecule has 0 aliphatic rings. The van der Waals surface area contributed by atoms with E-state index < -0.39 is 0 Å². The topological polar surface area (TPSA) is 48.9 Å². The number of rotatable bonds is 0. The molecule has 3 nitrogen and oxygen atoms in total. The van der Waals surface area contributed by atoms with E-state index in [2.05, 4.69) is 25.9 Å². The van der Waals surface area contributed by atoms with Crippen molar-refractivity contribution in [1.29, 1.82) is 0 Å². The van der Waals surface area contributed by atoms with E-state index in [1.165, 1.54) is 0 Å². The van der Waals surface area contributed by atoms with E-state index in [0.29, 0.717) is 0 Å². The van der Waals surface area contributed by atoms with Gasteiger partial charge in [0.15, 0.2) is 5.88 Å². The van der Waals surface area contributed by atoms with Crippen molar-refractivity contribution >= 4 is 26.8 Å². The lowest BCUT2D eigenvalue weighted by molar-refractivity contribution is 0.462. The van der Waals surface area contributed by atoms with Crippen LogP contribution in [0.3, 0.4) is 0 Å². The van der Waals surface area contributed by atoms with Crippen molar-refractivity contribution < 1.29 is 5.11 Å². The van der Waals surface area contributed by atoms with E-state index >= 15 is 0 Å². The molecule has 2 rings (SSSR count). The van der Waals surface area contributed by atoms with Crippen molar-refractivity contribution in [3.05, 3.63) is 22.9 Å². The van der Waals surface area contributed by atoms with Gasteiger partial charge in [-0.15, -0.1) is 0 Å². The number of nitrogens with one attached hydrogen (secondary N) is 1. The SMILES string of the molecule is Oc1[nH]cc2ncc(Br)cc12. The molecule has 11 heavy (non-hydrogen) atoms. The first-order valence-corrected chi connectivity index (χ1v) is 3.88. The lowest BCUT2D eigenvalue weighted by atomic mass is 10.3. The molecule has 2 aromatic rings. The average molecular weight is 213 g/mol. The second-order valence-electron chi connectivity index (χ2n) is 2.22. The molecule has 4 heteroatoms.